The van der Waals surface area contributed by atoms with Crippen LogP contribution >= 0.6 is 0 Å². The van der Waals surface area contributed by atoms with Gasteiger partial charge in [-0.3, -0.25) is 4.79 Å². The van der Waals surface area contributed by atoms with Crippen LogP contribution in [-0.2, 0) is 11.3 Å². The quantitative estimate of drug-likeness (QED) is 0.243. The van der Waals surface area contributed by atoms with E-state index in [0.29, 0.717) is 42.4 Å². The summed E-state index contributed by atoms with van der Waals surface area (Å²) in [6.45, 7) is 5.00. The van der Waals surface area contributed by atoms with Gasteiger partial charge in [0.2, 0.25) is 23.8 Å². The van der Waals surface area contributed by atoms with Crippen LogP contribution in [0.1, 0.15) is 65.6 Å². The maximum atomic E-state index is 12.8. The van der Waals surface area contributed by atoms with E-state index < -0.39 is 5.97 Å². The summed E-state index contributed by atoms with van der Waals surface area (Å²) in [6.07, 6.45) is 3.20. The lowest BCUT2D eigenvalue weighted by Crippen LogP contribution is -2.36. The first-order chi connectivity index (χ1) is 18.8. The van der Waals surface area contributed by atoms with Crippen LogP contribution in [0.3, 0.4) is 0 Å². The third-order valence-corrected chi connectivity index (χ3v) is 7.21. The number of aryl methyl sites for hydroxylation is 1. The van der Waals surface area contributed by atoms with Gasteiger partial charge in [0.05, 0.1) is 5.56 Å². The molecule has 3 aromatic rings. The Morgan fingerprint density at radius 1 is 0.974 bits per heavy atom. The van der Waals surface area contributed by atoms with E-state index in [9.17, 15) is 14.7 Å². The predicted molar refractivity (Wildman–Crippen MR) is 152 cm³/mol. The van der Waals surface area contributed by atoms with Gasteiger partial charge in [-0.2, -0.15) is 15.0 Å². The van der Waals surface area contributed by atoms with Gasteiger partial charge in [0.1, 0.15) is 0 Å². The summed E-state index contributed by atoms with van der Waals surface area (Å²) in [5.74, 6) is 0.846. The molecule has 0 saturated heterocycles. The Morgan fingerprint density at radius 3 is 2.33 bits per heavy atom. The highest BCUT2D eigenvalue weighted by molar-refractivity contribution is 5.89. The lowest BCUT2D eigenvalue weighted by molar-refractivity contribution is -0.126. The Bertz CT molecular complexity index is 1280. The molecule has 1 amide bonds. The van der Waals surface area contributed by atoms with E-state index in [-0.39, 0.29) is 23.4 Å². The molecule has 10 heteroatoms. The molecular weight excluding hydrogens is 494 g/mol. The molecule has 1 aliphatic rings. The fourth-order valence-corrected chi connectivity index (χ4v) is 4.87. The number of hydrogen-bond acceptors (Lipinski definition) is 8. The number of carbonyl (C=O) groups is 2. The molecule has 0 bridgehead atoms. The lowest BCUT2D eigenvalue weighted by atomic mass is 9.85. The van der Waals surface area contributed by atoms with Crippen LogP contribution in [0.2, 0.25) is 0 Å². The van der Waals surface area contributed by atoms with E-state index in [1.165, 1.54) is 5.56 Å². The molecule has 0 aliphatic heterocycles. The number of anilines is 3. The first-order valence-electron chi connectivity index (χ1n) is 13.4. The molecule has 1 atom stereocenters. The zero-order chi connectivity index (χ0) is 27.8. The van der Waals surface area contributed by atoms with Crippen LogP contribution in [0.4, 0.5) is 17.8 Å². The second-order valence-electron chi connectivity index (χ2n) is 10.1. The van der Waals surface area contributed by atoms with Crippen LogP contribution in [0, 0.1) is 12.8 Å². The first kappa shape index (κ1) is 27.8. The summed E-state index contributed by atoms with van der Waals surface area (Å²) in [4.78, 5) is 37.5. The fourth-order valence-electron chi connectivity index (χ4n) is 4.87. The maximum Gasteiger partial charge on any atom is 0.335 e. The van der Waals surface area contributed by atoms with Crippen molar-refractivity contribution in [2.24, 2.45) is 5.92 Å². The summed E-state index contributed by atoms with van der Waals surface area (Å²) >= 11 is 0. The first-order valence-corrected chi connectivity index (χ1v) is 13.4. The molecule has 1 saturated carbocycles. The molecule has 0 radical (unpaired) electrons. The van der Waals surface area contributed by atoms with E-state index in [2.05, 4.69) is 55.3 Å². The molecule has 1 heterocycles. The van der Waals surface area contributed by atoms with Crippen molar-refractivity contribution in [2.75, 3.05) is 29.5 Å². The number of hydrogen-bond donors (Lipinski definition) is 5. The Hall–Kier alpha value is -4.21. The molecule has 4 rings (SSSR count). The Morgan fingerprint density at radius 2 is 1.67 bits per heavy atom. The number of rotatable bonds is 11. The minimum Gasteiger partial charge on any atom is -0.478 e. The van der Waals surface area contributed by atoms with E-state index >= 15 is 0 Å². The van der Waals surface area contributed by atoms with Crippen molar-refractivity contribution in [3.8, 4) is 0 Å². The summed E-state index contributed by atoms with van der Waals surface area (Å²) in [7, 11) is 1.78. The van der Waals surface area contributed by atoms with Crippen LogP contribution in [-0.4, -0.2) is 51.6 Å². The van der Waals surface area contributed by atoms with Gasteiger partial charge in [0, 0.05) is 32.1 Å². The number of amides is 1. The average molecular weight is 532 g/mol. The minimum absolute atomic E-state index is 0.0325. The zero-order valence-electron chi connectivity index (χ0n) is 22.7. The summed E-state index contributed by atoms with van der Waals surface area (Å²) in [6, 6.07) is 15.6. The third-order valence-electron chi connectivity index (χ3n) is 7.21. The molecule has 10 nitrogen and oxygen atoms in total. The van der Waals surface area contributed by atoms with Crippen molar-refractivity contribution in [3.63, 3.8) is 0 Å². The van der Waals surface area contributed by atoms with Gasteiger partial charge in [0.25, 0.3) is 0 Å². The molecular formula is C29H37N7O3. The third kappa shape index (κ3) is 7.66. The number of aromatic nitrogens is 3. The standard InChI is InChI=1S/C29H37N7O3/c1-18-15-20(9-14-24(18)26(38)39)17-31-25(37)22-10-12-23(13-11-22)33-29-35-27(30-3)34-28(36-29)32-16-19(2)21-7-5-4-6-8-21/h4-9,14-15,19,22-23H,10-13,16-17H2,1-3H3,(H,31,37)(H,38,39)(H3,30,32,33,34,35,36). The van der Waals surface area contributed by atoms with Crippen molar-refractivity contribution in [2.45, 2.75) is 58.0 Å². The van der Waals surface area contributed by atoms with E-state index in [0.717, 1.165) is 31.2 Å². The zero-order valence-corrected chi connectivity index (χ0v) is 22.7. The van der Waals surface area contributed by atoms with Gasteiger partial charge in [-0.05, 0) is 61.3 Å². The van der Waals surface area contributed by atoms with Gasteiger partial charge in [-0.25, -0.2) is 4.79 Å². The predicted octanol–water partition coefficient (Wildman–Crippen LogP) is 4.42. The Balaban J connectivity index is 1.26. The Labute approximate surface area is 229 Å². The molecule has 1 aromatic heterocycles. The number of benzene rings is 2. The van der Waals surface area contributed by atoms with Crippen LogP contribution < -0.4 is 21.3 Å². The monoisotopic (exact) mass is 531 g/mol. The Kier molecular flexibility index (Phi) is 9.30. The topological polar surface area (TPSA) is 141 Å². The highest BCUT2D eigenvalue weighted by Crippen LogP contribution is 2.27. The summed E-state index contributed by atoms with van der Waals surface area (Å²) < 4.78 is 0. The van der Waals surface area contributed by atoms with Crippen molar-refractivity contribution < 1.29 is 14.7 Å². The van der Waals surface area contributed by atoms with Crippen molar-refractivity contribution in [1.82, 2.24) is 20.3 Å². The van der Waals surface area contributed by atoms with Crippen molar-refractivity contribution in [3.05, 3.63) is 70.8 Å². The second-order valence-corrected chi connectivity index (χ2v) is 10.1. The number of carboxylic acid groups (broad SMARTS) is 1. The van der Waals surface area contributed by atoms with E-state index in [1.807, 2.05) is 24.3 Å². The number of nitrogens with one attached hydrogen (secondary N) is 4. The highest BCUT2D eigenvalue weighted by atomic mass is 16.4. The number of carbonyl (C=O) groups excluding carboxylic acids is 1. The van der Waals surface area contributed by atoms with Gasteiger partial charge >= 0.3 is 5.97 Å². The van der Waals surface area contributed by atoms with Crippen LogP contribution in [0.5, 0.6) is 0 Å². The summed E-state index contributed by atoms with van der Waals surface area (Å²) in [5, 5.41) is 22.0. The molecule has 5 N–H and O–H groups in total. The molecule has 39 heavy (non-hydrogen) atoms. The molecule has 1 fully saturated rings. The molecule has 206 valence electrons. The molecule has 2 aromatic carbocycles. The minimum atomic E-state index is -0.946. The average Bonchev–Trinajstić information content (AvgIpc) is 2.95. The smallest absolute Gasteiger partial charge is 0.335 e. The number of nitrogens with zero attached hydrogens (tertiary/aromatic N) is 3. The van der Waals surface area contributed by atoms with Crippen LogP contribution in [0.25, 0.3) is 0 Å². The molecule has 1 unspecified atom stereocenters. The van der Waals surface area contributed by atoms with Crippen molar-refractivity contribution >= 4 is 29.7 Å². The molecule has 0 spiro atoms. The van der Waals surface area contributed by atoms with Gasteiger partial charge in [-0.15, -0.1) is 0 Å². The van der Waals surface area contributed by atoms with E-state index in [4.69, 9.17) is 0 Å². The van der Waals surface area contributed by atoms with Crippen molar-refractivity contribution in [1.29, 1.82) is 0 Å². The number of carboxylic acids is 1. The SMILES string of the molecule is CNc1nc(NCC(C)c2ccccc2)nc(NC2CCC(C(=O)NCc3ccc(C(=O)O)c(C)c3)CC2)n1. The van der Waals surface area contributed by atoms with Gasteiger partial charge in [-0.1, -0.05) is 49.4 Å². The lowest BCUT2D eigenvalue weighted by Gasteiger charge is -2.28. The second kappa shape index (κ2) is 13.0. The normalized spacial score (nSPS) is 17.6. The summed E-state index contributed by atoms with van der Waals surface area (Å²) in [5.41, 5.74) is 3.10. The number of aromatic carboxylic acids is 1. The van der Waals surface area contributed by atoms with Gasteiger partial charge in [0.15, 0.2) is 0 Å². The van der Waals surface area contributed by atoms with E-state index in [1.54, 1.807) is 26.1 Å². The molecule has 1 aliphatic carbocycles. The maximum absolute atomic E-state index is 12.8. The fraction of sp³-hybridized carbons (Fsp3) is 0.414. The van der Waals surface area contributed by atoms with Gasteiger partial charge < -0.3 is 26.4 Å². The highest BCUT2D eigenvalue weighted by Gasteiger charge is 2.27. The largest absolute Gasteiger partial charge is 0.478 e. The van der Waals surface area contributed by atoms with Crippen LogP contribution in [0.15, 0.2) is 48.5 Å².